The molecule has 0 bridgehead atoms. The van der Waals surface area contributed by atoms with Crippen LogP contribution in [0.2, 0.25) is 0 Å². The van der Waals surface area contributed by atoms with Crippen molar-refractivity contribution in [3.8, 4) is 23.1 Å². The molecule has 0 radical (unpaired) electrons. The van der Waals surface area contributed by atoms with Gasteiger partial charge in [0, 0.05) is 29.8 Å². The zero-order valence-electron chi connectivity index (χ0n) is 22.2. The van der Waals surface area contributed by atoms with Crippen LogP contribution in [0.25, 0.3) is 0 Å². The van der Waals surface area contributed by atoms with Crippen LogP contribution in [0, 0.1) is 0 Å². The molecule has 3 aromatic carbocycles. The average Bonchev–Trinajstić information content (AvgIpc) is 3.79. The van der Waals surface area contributed by atoms with Crippen LogP contribution < -0.4 is 14.2 Å². The molecule has 1 aromatic heterocycles. The molecule has 1 aliphatic heterocycles. The standard InChI is InChI=1S/C33H35N2O3/c1-35(21-25-8-15-33(34-20-25)38-30-13-11-27(12-14-30)26-9-10-26)17-16-28-18-31(36-2)32(19-29(28)22-35)37-23-24-6-4-3-5-7-24/h3-8,11-15,18-20,26H,9-10,16-17,21-23H2,1-2H3/q+1. The highest BCUT2D eigenvalue weighted by molar-refractivity contribution is 5.48. The first-order valence-corrected chi connectivity index (χ1v) is 13.5. The van der Waals surface area contributed by atoms with Gasteiger partial charge in [0.15, 0.2) is 11.5 Å². The van der Waals surface area contributed by atoms with Crippen molar-refractivity contribution in [1.82, 2.24) is 4.98 Å². The highest BCUT2D eigenvalue weighted by atomic mass is 16.5. The van der Waals surface area contributed by atoms with Crippen molar-refractivity contribution in [2.45, 2.75) is 44.9 Å². The van der Waals surface area contributed by atoms with Gasteiger partial charge in [-0.3, -0.25) is 0 Å². The van der Waals surface area contributed by atoms with E-state index in [1.165, 1.54) is 35.1 Å². The monoisotopic (exact) mass is 507 g/mol. The van der Waals surface area contributed by atoms with Gasteiger partial charge in [-0.2, -0.15) is 0 Å². The molecule has 1 fully saturated rings. The van der Waals surface area contributed by atoms with Gasteiger partial charge in [-0.05, 0) is 65.8 Å². The Balaban J connectivity index is 1.11. The maximum atomic E-state index is 6.19. The van der Waals surface area contributed by atoms with E-state index in [4.69, 9.17) is 14.2 Å². The first-order valence-electron chi connectivity index (χ1n) is 13.5. The highest BCUT2D eigenvalue weighted by Gasteiger charge is 2.30. The van der Waals surface area contributed by atoms with Crippen LogP contribution in [-0.4, -0.2) is 30.2 Å². The van der Waals surface area contributed by atoms with Gasteiger partial charge >= 0.3 is 0 Å². The van der Waals surface area contributed by atoms with Crippen LogP contribution in [0.4, 0.5) is 0 Å². The third-order valence-corrected chi connectivity index (χ3v) is 7.71. The molecular formula is C33H35N2O3+. The maximum Gasteiger partial charge on any atom is 0.219 e. The van der Waals surface area contributed by atoms with Crippen molar-refractivity contribution in [3.05, 3.63) is 113 Å². The summed E-state index contributed by atoms with van der Waals surface area (Å²) >= 11 is 0. The van der Waals surface area contributed by atoms with Crippen LogP contribution in [-0.2, 0) is 26.1 Å². The van der Waals surface area contributed by atoms with E-state index < -0.39 is 0 Å². The summed E-state index contributed by atoms with van der Waals surface area (Å²) in [5.74, 6) is 3.83. The van der Waals surface area contributed by atoms with Crippen molar-refractivity contribution in [2.75, 3.05) is 20.7 Å². The number of likely N-dealkylation sites (N-methyl/N-ethyl adjacent to an activating group) is 1. The second-order valence-electron chi connectivity index (χ2n) is 10.9. The summed E-state index contributed by atoms with van der Waals surface area (Å²) in [6.45, 7) is 3.43. The minimum atomic E-state index is 0.521. The topological polar surface area (TPSA) is 40.6 Å². The lowest BCUT2D eigenvalue weighted by Gasteiger charge is -2.39. The number of pyridine rings is 1. The minimum Gasteiger partial charge on any atom is -0.493 e. The Morgan fingerprint density at radius 1 is 0.868 bits per heavy atom. The Bertz CT molecular complexity index is 1380. The molecule has 2 heterocycles. The maximum absolute atomic E-state index is 6.19. The number of ether oxygens (including phenoxy) is 3. The Hall–Kier alpha value is -3.83. The normalized spacial score (nSPS) is 18.5. The van der Waals surface area contributed by atoms with Crippen molar-refractivity contribution in [2.24, 2.45) is 0 Å². The summed E-state index contributed by atoms with van der Waals surface area (Å²) in [7, 11) is 4.03. The summed E-state index contributed by atoms with van der Waals surface area (Å²) in [5, 5.41) is 0. The van der Waals surface area contributed by atoms with E-state index in [1.54, 1.807) is 7.11 Å². The highest BCUT2D eigenvalue weighted by Crippen LogP contribution is 2.40. The number of benzene rings is 3. The molecule has 1 atom stereocenters. The molecule has 0 N–H and O–H groups in total. The Labute approximate surface area is 225 Å². The van der Waals surface area contributed by atoms with Gasteiger partial charge in [-0.15, -0.1) is 0 Å². The molecule has 1 saturated carbocycles. The third-order valence-electron chi connectivity index (χ3n) is 7.71. The third kappa shape index (κ3) is 5.68. The molecule has 4 aromatic rings. The van der Waals surface area contributed by atoms with Crippen LogP contribution in [0.5, 0.6) is 23.1 Å². The second kappa shape index (κ2) is 10.5. The molecule has 0 saturated heterocycles. The van der Waals surface area contributed by atoms with Gasteiger partial charge < -0.3 is 18.7 Å². The van der Waals surface area contributed by atoms with E-state index in [-0.39, 0.29) is 0 Å². The first-order chi connectivity index (χ1) is 18.6. The Morgan fingerprint density at radius 3 is 2.37 bits per heavy atom. The van der Waals surface area contributed by atoms with E-state index in [0.29, 0.717) is 12.5 Å². The van der Waals surface area contributed by atoms with E-state index in [0.717, 1.165) is 59.3 Å². The molecule has 5 heteroatoms. The van der Waals surface area contributed by atoms with Gasteiger partial charge in [0.2, 0.25) is 5.88 Å². The fraction of sp³-hybridized carbons (Fsp3) is 0.303. The second-order valence-corrected chi connectivity index (χ2v) is 10.9. The van der Waals surface area contributed by atoms with Crippen LogP contribution in [0.3, 0.4) is 0 Å². The summed E-state index contributed by atoms with van der Waals surface area (Å²) in [5.41, 5.74) is 6.43. The molecular weight excluding hydrogens is 472 g/mol. The molecule has 0 spiro atoms. The molecule has 38 heavy (non-hydrogen) atoms. The van der Waals surface area contributed by atoms with Crippen molar-refractivity contribution >= 4 is 0 Å². The Morgan fingerprint density at radius 2 is 1.66 bits per heavy atom. The first kappa shape index (κ1) is 24.5. The van der Waals surface area contributed by atoms with Crippen molar-refractivity contribution < 1.29 is 18.7 Å². The molecule has 0 amide bonds. The number of nitrogens with zero attached hydrogens (tertiary/aromatic N) is 2. The quantitative estimate of drug-likeness (QED) is 0.228. The summed E-state index contributed by atoms with van der Waals surface area (Å²) in [6, 6.07) is 27.1. The number of quaternary nitrogens is 1. The summed E-state index contributed by atoms with van der Waals surface area (Å²) < 4.78 is 18.8. The van der Waals surface area contributed by atoms with Crippen LogP contribution in [0.1, 0.15) is 46.6 Å². The average molecular weight is 508 g/mol. The predicted molar refractivity (Wildman–Crippen MR) is 149 cm³/mol. The van der Waals surface area contributed by atoms with Gasteiger partial charge in [-0.25, -0.2) is 4.98 Å². The number of hydrogen-bond donors (Lipinski definition) is 0. The number of methoxy groups -OCH3 is 1. The van der Waals surface area contributed by atoms with E-state index in [2.05, 4.69) is 54.5 Å². The van der Waals surface area contributed by atoms with Gasteiger partial charge in [0.05, 0.1) is 20.7 Å². The molecule has 6 rings (SSSR count). The lowest BCUT2D eigenvalue weighted by atomic mass is 9.96. The van der Waals surface area contributed by atoms with Crippen molar-refractivity contribution in [3.63, 3.8) is 0 Å². The lowest BCUT2D eigenvalue weighted by Crippen LogP contribution is -2.46. The van der Waals surface area contributed by atoms with Gasteiger partial charge in [0.25, 0.3) is 0 Å². The fourth-order valence-electron chi connectivity index (χ4n) is 5.40. The zero-order valence-corrected chi connectivity index (χ0v) is 22.2. The van der Waals surface area contributed by atoms with E-state index >= 15 is 0 Å². The van der Waals surface area contributed by atoms with Gasteiger partial charge in [-0.1, -0.05) is 42.5 Å². The molecule has 5 nitrogen and oxygen atoms in total. The van der Waals surface area contributed by atoms with Crippen LogP contribution >= 0.6 is 0 Å². The molecule has 194 valence electrons. The van der Waals surface area contributed by atoms with E-state index in [1.807, 2.05) is 42.6 Å². The van der Waals surface area contributed by atoms with Crippen molar-refractivity contribution in [1.29, 1.82) is 0 Å². The molecule has 2 aliphatic rings. The van der Waals surface area contributed by atoms with Crippen LogP contribution in [0.15, 0.2) is 85.1 Å². The smallest absolute Gasteiger partial charge is 0.219 e. The summed E-state index contributed by atoms with van der Waals surface area (Å²) in [6.07, 6.45) is 5.58. The number of rotatable bonds is 9. The number of aromatic nitrogens is 1. The molecule has 1 unspecified atom stereocenters. The zero-order chi connectivity index (χ0) is 26.0. The predicted octanol–water partition coefficient (Wildman–Crippen LogP) is 7.04. The largest absolute Gasteiger partial charge is 0.493 e. The number of hydrogen-bond acceptors (Lipinski definition) is 4. The number of fused-ring (bicyclic) bond motifs is 1. The Kier molecular flexibility index (Phi) is 6.77. The summed E-state index contributed by atoms with van der Waals surface area (Å²) in [4.78, 5) is 4.61. The fourth-order valence-corrected chi connectivity index (χ4v) is 5.40. The SMILES string of the molecule is COc1cc2c(cc1OCc1ccccc1)C[N+](C)(Cc1ccc(Oc3ccc(C4CC4)cc3)nc1)CC2. The minimum absolute atomic E-state index is 0.521. The molecule has 1 aliphatic carbocycles. The lowest BCUT2D eigenvalue weighted by molar-refractivity contribution is -0.937. The van der Waals surface area contributed by atoms with E-state index in [9.17, 15) is 0 Å². The van der Waals surface area contributed by atoms with Gasteiger partial charge in [0.1, 0.15) is 25.4 Å².